The molecular formula is C20H23NO4. The van der Waals surface area contributed by atoms with E-state index < -0.39 is 0 Å². The number of carbonyl (C=O) groups is 1. The van der Waals surface area contributed by atoms with Crippen molar-refractivity contribution in [1.82, 2.24) is 4.90 Å². The van der Waals surface area contributed by atoms with E-state index in [1.54, 1.807) is 11.9 Å². The molecule has 1 aliphatic rings. The fraction of sp³-hybridized carbons (Fsp3) is 0.350. The van der Waals surface area contributed by atoms with Gasteiger partial charge in [0.1, 0.15) is 12.4 Å². The van der Waals surface area contributed by atoms with E-state index in [0.717, 1.165) is 17.2 Å². The maximum Gasteiger partial charge on any atom is 0.225 e. The summed E-state index contributed by atoms with van der Waals surface area (Å²) >= 11 is 0. The van der Waals surface area contributed by atoms with Gasteiger partial charge in [-0.1, -0.05) is 29.8 Å². The molecule has 5 nitrogen and oxygen atoms in total. The van der Waals surface area contributed by atoms with Crippen LogP contribution in [0.5, 0.6) is 17.2 Å². The second-order valence-corrected chi connectivity index (χ2v) is 6.18. The first-order valence-corrected chi connectivity index (χ1v) is 8.44. The number of hydrogen-bond donors (Lipinski definition) is 0. The normalized spacial score (nSPS) is 15.5. The molecule has 5 heteroatoms. The summed E-state index contributed by atoms with van der Waals surface area (Å²) in [7, 11) is 1.78. The third-order valence-corrected chi connectivity index (χ3v) is 4.08. The van der Waals surface area contributed by atoms with Gasteiger partial charge >= 0.3 is 0 Å². The van der Waals surface area contributed by atoms with Crippen LogP contribution in [0.15, 0.2) is 48.5 Å². The fourth-order valence-corrected chi connectivity index (χ4v) is 2.64. The molecule has 2 aromatic rings. The van der Waals surface area contributed by atoms with Gasteiger partial charge in [0.2, 0.25) is 5.91 Å². The van der Waals surface area contributed by atoms with E-state index >= 15 is 0 Å². The minimum Gasteiger partial charge on any atom is -0.493 e. The van der Waals surface area contributed by atoms with Gasteiger partial charge in [0, 0.05) is 7.05 Å². The van der Waals surface area contributed by atoms with Gasteiger partial charge in [0.05, 0.1) is 19.6 Å². The van der Waals surface area contributed by atoms with Crippen LogP contribution in [0.2, 0.25) is 0 Å². The number of nitrogens with zero attached hydrogens (tertiary/aromatic N) is 1. The predicted molar refractivity (Wildman–Crippen MR) is 95.3 cm³/mol. The van der Waals surface area contributed by atoms with E-state index in [-0.39, 0.29) is 12.0 Å². The van der Waals surface area contributed by atoms with E-state index in [0.29, 0.717) is 26.2 Å². The number of benzene rings is 2. The molecule has 0 N–H and O–H groups in total. The van der Waals surface area contributed by atoms with Gasteiger partial charge in [-0.25, -0.2) is 0 Å². The molecule has 0 aromatic heterocycles. The van der Waals surface area contributed by atoms with Gasteiger partial charge in [0.15, 0.2) is 17.6 Å². The molecule has 0 bridgehead atoms. The van der Waals surface area contributed by atoms with Crippen LogP contribution in [-0.2, 0) is 4.79 Å². The van der Waals surface area contributed by atoms with Crippen molar-refractivity contribution in [2.75, 3.05) is 26.8 Å². The average Bonchev–Trinajstić information content (AvgIpc) is 2.63. The van der Waals surface area contributed by atoms with Crippen LogP contribution in [0, 0.1) is 6.92 Å². The lowest BCUT2D eigenvalue weighted by atomic mass is 10.2. The van der Waals surface area contributed by atoms with E-state index in [9.17, 15) is 4.79 Å². The fourth-order valence-electron chi connectivity index (χ4n) is 2.64. The molecule has 0 spiro atoms. The summed E-state index contributed by atoms with van der Waals surface area (Å²) in [5.41, 5.74) is 1.18. The van der Waals surface area contributed by atoms with Crippen LogP contribution >= 0.6 is 0 Å². The van der Waals surface area contributed by atoms with Crippen LogP contribution in [0.3, 0.4) is 0 Å². The van der Waals surface area contributed by atoms with Crippen LogP contribution in [0.4, 0.5) is 0 Å². The number of likely N-dealkylation sites (N-methyl/N-ethyl adjacent to an activating group) is 1. The molecular weight excluding hydrogens is 318 g/mol. The Balaban J connectivity index is 1.43. The van der Waals surface area contributed by atoms with Crippen molar-refractivity contribution in [2.45, 2.75) is 19.4 Å². The molecule has 0 saturated heterocycles. The Morgan fingerprint density at radius 2 is 1.88 bits per heavy atom. The molecule has 25 heavy (non-hydrogen) atoms. The molecule has 1 heterocycles. The van der Waals surface area contributed by atoms with Crippen molar-refractivity contribution >= 4 is 5.91 Å². The first kappa shape index (κ1) is 17.1. The standard InChI is InChI=1S/C20H23NO4/c1-15-7-9-16(10-8-15)23-12-11-20(22)21(2)13-17-14-24-18-5-3-4-6-19(18)25-17/h3-10,17H,11-14H2,1-2H3. The first-order chi connectivity index (χ1) is 12.1. The molecule has 1 aliphatic heterocycles. The highest BCUT2D eigenvalue weighted by molar-refractivity contribution is 5.76. The first-order valence-electron chi connectivity index (χ1n) is 8.44. The largest absolute Gasteiger partial charge is 0.493 e. The molecule has 0 aliphatic carbocycles. The van der Waals surface area contributed by atoms with E-state index in [2.05, 4.69) is 0 Å². The number of para-hydroxylation sites is 2. The number of hydrogen-bond acceptors (Lipinski definition) is 4. The number of aryl methyl sites for hydroxylation is 1. The Kier molecular flexibility index (Phi) is 5.43. The number of ether oxygens (including phenoxy) is 3. The molecule has 132 valence electrons. The highest BCUT2D eigenvalue weighted by Gasteiger charge is 2.23. The zero-order valence-corrected chi connectivity index (χ0v) is 14.6. The summed E-state index contributed by atoms with van der Waals surface area (Å²) in [4.78, 5) is 13.9. The Morgan fingerprint density at radius 1 is 1.16 bits per heavy atom. The van der Waals surface area contributed by atoms with Crippen LogP contribution in [0.25, 0.3) is 0 Å². The Morgan fingerprint density at radius 3 is 2.64 bits per heavy atom. The van der Waals surface area contributed by atoms with Gasteiger partial charge < -0.3 is 19.1 Å². The summed E-state index contributed by atoms with van der Waals surface area (Å²) in [6.07, 6.45) is 0.163. The molecule has 2 aromatic carbocycles. The van der Waals surface area contributed by atoms with Gasteiger partial charge in [-0.05, 0) is 31.2 Å². The number of rotatable bonds is 6. The third-order valence-electron chi connectivity index (χ3n) is 4.08. The Bertz CT molecular complexity index is 714. The zero-order valence-electron chi connectivity index (χ0n) is 14.6. The van der Waals surface area contributed by atoms with Gasteiger partial charge in [-0.3, -0.25) is 4.79 Å². The quantitative estimate of drug-likeness (QED) is 0.810. The topological polar surface area (TPSA) is 48.0 Å². The van der Waals surface area contributed by atoms with Crippen molar-refractivity contribution in [1.29, 1.82) is 0 Å². The lowest BCUT2D eigenvalue weighted by Gasteiger charge is -2.29. The van der Waals surface area contributed by atoms with Crippen LogP contribution < -0.4 is 14.2 Å². The Hall–Kier alpha value is -2.69. The number of carbonyl (C=O) groups excluding carboxylic acids is 1. The summed E-state index contributed by atoms with van der Waals surface area (Å²) in [5, 5.41) is 0. The van der Waals surface area contributed by atoms with E-state index in [1.807, 2.05) is 55.5 Å². The van der Waals surface area contributed by atoms with E-state index in [4.69, 9.17) is 14.2 Å². The van der Waals surface area contributed by atoms with Crippen molar-refractivity contribution in [3.8, 4) is 17.2 Å². The van der Waals surface area contributed by atoms with Crippen molar-refractivity contribution in [2.24, 2.45) is 0 Å². The van der Waals surface area contributed by atoms with Crippen molar-refractivity contribution < 1.29 is 19.0 Å². The monoisotopic (exact) mass is 341 g/mol. The maximum atomic E-state index is 12.3. The summed E-state index contributed by atoms with van der Waals surface area (Å²) < 4.78 is 17.2. The SMILES string of the molecule is Cc1ccc(OCCC(=O)N(C)CC2COc3ccccc3O2)cc1. The summed E-state index contributed by atoms with van der Waals surface area (Å²) in [6.45, 7) is 3.31. The maximum absolute atomic E-state index is 12.3. The third kappa shape index (κ3) is 4.66. The highest BCUT2D eigenvalue weighted by atomic mass is 16.6. The second kappa shape index (κ2) is 7.92. The molecule has 0 radical (unpaired) electrons. The minimum atomic E-state index is -0.165. The zero-order chi connectivity index (χ0) is 17.6. The molecule has 3 rings (SSSR count). The summed E-state index contributed by atoms with van der Waals surface area (Å²) in [6, 6.07) is 15.4. The molecule has 0 fully saturated rings. The molecule has 1 atom stereocenters. The average molecular weight is 341 g/mol. The number of amides is 1. The van der Waals surface area contributed by atoms with E-state index in [1.165, 1.54) is 5.56 Å². The van der Waals surface area contributed by atoms with Crippen LogP contribution in [-0.4, -0.2) is 43.7 Å². The minimum absolute atomic E-state index is 0.0228. The van der Waals surface area contributed by atoms with Crippen LogP contribution in [0.1, 0.15) is 12.0 Å². The second-order valence-electron chi connectivity index (χ2n) is 6.18. The van der Waals surface area contributed by atoms with Crippen molar-refractivity contribution in [3.63, 3.8) is 0 Å². The summed E-state index contributed by atoms with van der Waals surface area (Å²) in [5.74, 6) is 2.28. The Labute approximate surface area is 148 Å². The molecule has 1 unspecified atom stereocenters. The van der Waals surface area contributed by atoms with Crippen molar-refractivity contribution in [3.05, 3.63) is 54.1 Å². The van der Waals surface area contributed by atoms with Gasteiger partial charge in [-0.15, -0.1) is 0 Å². The van der Waals surface area contributed by atoms with Gasteiger partial charge in [0.25, 0.3) is 0 Å². The molecule has 0 saturated carbocycles. The molecule has 1 amide bonds. The predicted octanol–water partition coefficient (Wildman–Crippen LogP) is 3.06. The van der Waals surface area contributed by atoms with Gasteiger partial charge in [-0.2, -0.15) is 0 Å². The smallest absolute Gasteiger partial charge is 0.225 e. The highest BCUT2D eigenvalue weighted by Crippen LogP contribution is 2.30. The lowest BCUT2D eigenvalue weighted by Crippen LogP contribution is -2.42. The number of fused-ring (bicyclic) bond motifs is 1. The lowest BCUT2D eigenvalue weighted by molar-refractivity contribution is -0.131.